The monoisotopic (exact) mass is 328 g/mol. The summed E-state index contributed by atoms with van der Waals surface area (Å²) in [6, 6.07) is 0. The van der Waals surface area contributed by atoms with Gasteiger partial charge in [0.25, 0.3) is 0 Å². The van der Waals surface area contributed by atoms with E-state index in [1.54, 1.807) is 0 Å². The molecule has 1 N–H and O–H groups in total. The number of hydrogen-bond acceptors (Lipinski definition) is 3. The second-order valence-electron chi connectivity index (χ2n) is 6.44. The fraction of sp³-hybridized carbons (Fsp3) is 0.895. The molecule has 0 rings (SSSR count). The third-order valence-corrected chi connectivity index (χ3v) is 4.10. The Labute approximate surface area is 142 Å². The topological polar surface area (TPSA) is 63.6 Å². The predicted octanol–water partition coefficient (Wildman–Crippen LogP) is 5.48. The van der Waals surface area contributed by atoms with E-state index in [0.717, 1.165) is 32.1 Å². The largest absolute Gasteiger partial charge is 0.481 e. The number of aliphatic carboxylic acids is 1. The van der Waals surface area contributed by atoms with Crippen LogP contribution >= 0.6 is 0 Å². The predicted molar refractivity (Wildman–Crippen MR) is 93.5 cm³/mol. The number of rotatable bonds is 16. The van der Waals surface area contributed by atoms with Crippen LogP contribution in [0.1, 0.15) is 104 Å². The van der Waals surface area contributed by atoms with Crippen LogP contribution in [0.3, 0.4) is 0 Å². The van der Waals surface area contributed by atoms with E-state index in [9.17, 15) is 9.59 Å². The number of esters is 1. The highest BCUT2D eigenvalue weighted by molar-refractivity contribution is 5.90. The summed E-state index contributed by atoms with van der Waals surface area (Å²) in [5.41, 5.74) is 0. The van der Waals surface area contributed by atoms with Gasteiger partial charge in [-0.15, -0.1) is 0 Å². The molecule has 4 heteroatoms. The maximum atomic E-state index is 11.6. The highest BCUT2D eigenvalue weighted by atomic mass is 16.5. The first-order valence-electron chi connectivity index (χ1n) is 9.51. The van der Waals surface area contributed by atoms with Gasteiger partial charge in [0.1, 0.15) is 12.5 Å². The van der Waals surface area contributed by atoms with E-state index in [1.807, 2.05) is 0 Å². The van der Waals surface area contributed by atoms with Crippen molar-refractivity contribution in [3.63, 3.8) is 0 Å². The molecule has 1 atom stereocenters. The number of carbonyl (C=O) groups excluding carboxylic acids is 1. The summed E-state index contributed by atoms with van der Waals surface area (Å²) >= 11 is 0. The second kappa shape index (κ2) is 15.8. The maximum Gasteiger partial charge on any atom is 0.317 e. The van der Waals surface area contributed by atoms with Gasteiger partial charge < -0.3 is 9.84 Å². The molecular weight excluding hydrogens is 292 g/mol. The molecule has 0 aromatic rings. The minimum absolute atomic E-state index is 0.102. The van der Waals surface area contributed by atoms with E-state index < -0.39 is 18.4 Å². The van der Waals surface area contributed by atoms with Crippen LogP contribution in [0.4, 0.5) is 0 Å². The minimum Gasteiger partial charge on any atom is -0.481 e. The lowest BCUT2D eigenvalue weighted by atomic mass is 10.0. The molecule has 0 heterocycles. The molecule has 0 amide bonds. The van der Waals surface area contributed by atoms with E-state index in [-0.39, 0.29) is 6.10 Å². The Bertz CT molecular complexity index is 302. The summed E-state index contributed by atoms with van der Waals surface area (Å²) < 4.78 is 5.38. The van der Waals surface area contributed by atoms with Crippen LogP contribution in [-0.2, 0) is 14.3 Å². The van der Waals surface area contributed by atoms with E-state index in [0.29, 0.717) is 0 Å². The zero-order chi connectivity index (χ0) is 17.3. The Kier molecular flexibility index (Phi) is 15.1. The van der Waals surface area contributed by atoms with Crippen molar-refractivity contribution in [3.8, 4) is 0 Å². The minimum atomic E-state index is -1.11. The first-order chi connectivity index (χ1) is 11.1. The molecular formula is C19H36O4. The lowest BCUT2D eigenvalue weighted by molar-refractivity contribution is -0.155. The zero-order valence-electron chi connectivity index (χ0n) is 15.1. The smallest absolute Gasteiger partial charge is 0.317 e. The molecule has 0 aliphatic carbocycles. The van der Waals surface area contributed by atoms with Crippen LogP contribution in [0.25, 0.3) is 0 Å². The van der Waals surface area contributed by atoms with Gasteiger partial charge in [-0.1, -0.05) is 71.6 Å². The highest BCUT2D eigenvalue weighted by Gasteiger charge is 2.16. The average Bonchev–Trinajstić information content (AvgIpc) is 2.49. The Morgan fingerprint density at radius 2 is 1.22 bits per heavy atom. The summed E-state index contributed by atoms with van der Waals surface area (Å²) in [6.45, 7) is 4.39. The molecule has 4 nitrogen and oxygen atoms in total. The number of unbranched alkanes of at least 4 members (excludes halogenated alkanes) is 9. The van der Waals surface area contributed by atoms with Crippen LogP contribution < -0.4 is 0 Å². The van der Waals surface area contributed by atoms with E-state index in [4.69, 9.17) is 9.84 Å². The molecule has 0 unspecified atom stereocenters. The molecule has 0 fully saturated rings. The van der Waals surface area contributed by atoms with Crippen molar-refractivity contribution in [3.05, 3.63) is 0 Å². The van der Waals surface area contributed by atoms with Gasteiger partial charge in [-0.3, -0.25) is 9.59 Å². The first kappa shape index (κ1) is 21.9. The quantitative estimate of drug-likeness (QED) is 0.231. The molecule has 0 saturated heterocycles. The second-order valence-corrected chi connectivity index (χ2v) is 6.44. The van der Waals surface area contributed by atoms with Gasteiger partial charge in [0.05, 0.1) is 0 Å². The molecule has 0 aliphatic rings. The highest BCUT2D eigenvalue weighted by Crippen LogP contribution is 2.17. The molecule has 0 spiro atoms. The van der Waals surface area contributed by atoms with Crippen molar-refractivity contribution in [1.29, 1.82) is 0 Å². The molecule has 0 bridgehead atoms. The van der Waals surface area contributed by atoms with Crippen molar-refractivity contribution in [2.45, 2.75) is 110 Å². The van der Waals surface area contributed by atoms with Crippen molar-refractivity contribution >= 4 is 11.9 Å². The van der Waals surface area contributed by atoms with Crippen LogP contribution in [0.2, 0.25) is 0 Å². The van der Waals surface area contributed by atoms with Gasteiger partial charge in [-0.25, -0.2) is 0 Å². The number of ether oxygens (including phenoxy) is 1. The fourth-order valence-corrected chi connectivity index (χ4v) is 2.74. The zero-order valence-corrected chi connectivity index (χ0v) is 15.1. The van der Waals surface area contributed by atoms with Gasteiger partial charge >= 0.3 is 11.9 Å². The average molecular weight is 328 g/mol. The summed E-state index contributed by atoms with van der Waals surface area (Å²) in [5, 5.41) is 8.67. The first-order valence-corrected chi connectivity index (χ1v) is 9.51. The molecule has 23 heavy (non-hydrogen) atoms. The fourth-order valence-electron chi connectivity index (χ4n) is 2.74. The number of carbonyl (C=O) groups is 2. The standard InChI is InChI=1S/C19H36O4/c1-3-5-7-9-11-13-15-17(14-12-10-8-6-4-2)23-19(22)16-18(20)21/h17H,3-16H2,1-2H3,(H,20,21)/t17-/m0/s1. The molecule has 0 saturated carbocycles. The third kappa shape index (κ3) is 15.6. The summed E-state index contributed by atoms with van der Waals surface area (Å²) in [6.07, 6.45) is 14.3. The summed E-state index contributed by atoms with van der Waals surface area (Å²) in [4.78, 5) is 22.2. The SMILES string of the molecule is CCCCCCCC[C@H](CCCCCCC)OC(=O)CC(=O)O. The molecule has 0 aliphatic heterocycles. The third-order valence-electron chi connectivity index (χ3n) is 4.10. The Morgan fingerprint density at radius 1 is 0.783 bits per heavy atom. The molecule has 0 aromatic carbocycles. The van der Waals surface area contributed by atoms with Crippen LogP contribution in [0, 0.1) is 0 Å². The van der Waals surface area contributed by atoms with E-state index >= 15 is 0 Å². The molecule has 0 aromatic heterocycles. The van der Waals surface area contributed by atoms with E-state index in [1.165, 1.54) is 51.4 Å². The van der Waals surface area contributed by atoms with Crippen molar-refractivity contribution in [2.75, 3.05) is 0 Å². The molecule has 0 radical (unpaired) electrons. The summed E-state index contributed by atoms with van der Waals surface area (Å²) in [5.74, 6) is -1.71. The van der Waals surface area contributed by atoms with Crippen molar-refractivity contribution < 1.29 is 19.4 Å². The lowest BCUT2D eigenvalue weighted by Crippen LogP contribution is -2.20. The Balaban J connectivity index is 4.00. The Hall–Kier alpha value is -1.06. The maximum absolute atomic E-state index is 11.6. The van der Waals surface area contributed by atoms with Crippen molar-refractivity contribution in [1.82, 2.24) is 0 Å². The number of hydrogen-bond donors (Lipinski definition) is 1. The van der Waals surface area contributed by atoms with Gasteiger partial charge in [0.15, 0.2) is 0 Å². The number of carboxylic acid groups (broad SMARTS) is 1. The van der Waals surface area contributed by atoms with Gasteiger partial charge in [0.2, 0.25) is 0 Å². The number of carboxylic acids is 1. The Morgan fingerprint density at radius 3 is 1.65 bits per heavy atom. The molecule has 136 valence electrons. The van der Waals surface area contributed by atoms with Crippen LogP contribution in [-0.4, -0.2) is 23.1 Å². The van der Waals surface area contributed by atoms with Crippen molar-refractivity contribution in [2.24, 2.45) is 0 Å². The lowest BCUT2D eigenvalue weighted by Gasteiger charge is -2.17. The van der Waals surface area contributed by atoms with Gasteiger partial charge in [0, 0.05) is 0 Å². The van der Waals surface area contributed by atoms with E-state index in [2.05, 4.69) is 13.8 Å². The van der Waals surface area contributed by atoms with Crippen LogP contribution in [0.15, 0.2) is 0 Å². The van der Waals surface area contributed by atoms with Gasteiger partial charge in [-0.2, -0.15) is 0 Å². The summed E-state index contributed by atoms with van der Waals surface area (Å²) in [7, 11) is 0. The van der Waals surface area contributed by atoms with Gasteiger partial charge in [-0.05, 0) is 25.7 Å². The normalized spacial score (nSPS) is 12.1. The van der Waals surface area contributed by atoms with Crippen LogP contribution in [0.5, 0.6) is 0 Å².